The molecule has 3 rings (SSSR count). The van der Waals surface area contributed by atoms with Crippen molar-refractivity contribution < 1.29 is 27.5 Å². The number of nitrogens with two attached hydrogens (primary N) is 1. The Morgan fingerprint density at radius 3 is 2.26 bits per heavy atom. The number of hydrogen-bond donors (Lipinski definition) is 2. The van der Waals surface area contributed by atoms with Crippen LogP contribution in [-0.2, 0) is 26.0 Å². The summed E-state index contributed by atoms with van der Waals surface area (Å²) in [5.41, 5.74) is 1.06. The Morgan fingerprint density at radius 1 is 1.00 bits per heavy atom. The number of rotatable bonds is 8. The first-order chi connectivity index (χ1) is 14.8. The van der Waals surface area contributed by atoms with Gasteiger partial charge in [0.2, 0.25) is 10.0 Å². The minimum absolute atomic E-state index is 0.0244. The Kier molecular flexibility index (Phi) is 6.88. The molecule has 162 valence electrons. The number of sulfonamides is 1. The number of ether oxygens (including phenoxy) is 2. The predicted molar refractivity (Wildman–Crippen MR) is 115 cm³/mol. The van der Waals surface area contributed by atoms with Crippen LogP contribution in [0.4, 0.5) is 0 Å². The fraction of sp³-hybridized carbons (Fsp3) is 0.182. The van der Waals surface area contributed by atoms with Gasteiger partial charge in [-0.2, -0.15) is 0 Å². The molecule has 1 amide bonds. The average molecular weight is 442 g/mol. The molecule has 0 aliphatic heterocycles. The fourth-order valence-electron chi connectivity index (χ4n) is 3.00. The third-order valence-electron chi connectivity index (χ3n) is 4.61. The Hall–Kier alpha value is -3.43. The van der Waals surface area contributed by atoms with E-state index in [0.717, 1.165) is 16.3 Å². The van der Waals surface area contributed by atoms with E-state index in [-0.39, 0.29) is 10.5 Å². The van der Waals surface area contributed by atoms with Crippen LogP contribution in [0.3, 0.4) is 0 Å². The summed E-state index contributed by atoms with van der Waals surface area (Å²) in [6, 6.07) is 17.0. The summed E-state index contributed by atoms with van der Waals surface area (Å²) in [4.78, 5) is 24.5. The number of hydrogen-bond acceptors (Lipinski definition) is 6. The molecule has 0 aromatic heterocycles. The molecule has 0 heterocycles. The van der Waals surface area contributed by atoms with Crippen LogP contribution in [0.5, 0.6) is 5.75 Å². The van der Waals surface area contributed by atoms with Gasteiger partial charge in [-0.25, -0.2) is 18.4 Å². The molecule has 3 aromatic carbocycles. The van der Waals surface area contributed by atoms with Gasteiger partial charge < -0.3 is 14.8 Å². The van der Waals surface area contributed by atoms with E-state index in [0.29, 0.717) is 18.7 Å². The molecule has 0 unspecified atom stereocenters. The maximum absolute atomic E-state index is 12.4. The minimum Gasteiger partial charge on any atom is -0.496 e. The average Bonchev–Trinajstić information content (AvgIpc) is 2.76. The van der Waals surface area contributed by atoms with Crippen molar-refractivity contribution in [3.05, 3.63) is 71.8 Å². The summed E-state index contributed by atoms with van der Waals surface area (Å²) in [6.45, 7) is -0.135. The highest BCUT2D eigenvalue weighted by Gasteiger charge is 2.16. The second-order valence-electron chi connectivity index (χ2n) is 6.76. The molecule has 0 fully saturated rings. The number of fused-ring (bicyclic) bond motifs is 1. The van der Waals surface area contributed by atoms with Crippen LogP contribution in [0.1, 0.15) is 15.9 Å². The summed E-state index contributed by atoms with van der Waals surface area (Å²) in [5.74, 6) is -0.738. The van der Waals surface area contributed by atoms with Gasteiger partial charge in [0.25, 0.3) is 5.91 Å². The van der Waals surface area contributed by atoms with Gasteiger partial charge >= 0.3 is 5.97 Å². The van der Waals surface area contributed by atoms with Crippen molar-refractivity contribution in [3.63, 3.8) is 0 Å². The summed E-state index contributed by atoms with van der Waals surface area (Å²) >= 11 is 0. The minimum atomic E-state index is -3.74. The third-order valence-corrected chi connectivity index (χ3v) is 5.54. The van der Waals surface area contributed by atoms with Crippen molar-refractivity contribution in [2.45, 2.75) is 11.3 Å². The van der Waals surface area contributed by atoms with Crippen LogP contribution in [0.25, 0.3) is 10.8 Å². The molecule has 3 N–H and O–H groups in total. The van der Waals surface area contributed by atoms with E-state index >= 15 is 0 Å². The van der Waals surface area contributed by atoms with E-state index in [4.69, 9.17) is 14.6 Å². The smallest absolute Gasteiger partial charge is 0.342 e. The molecule has 9 heteroatoms. The normalized spacial score (nSPS) is 11.2. The zero-order chi connectivity index (χ0) is 22.4. The molecule has 0 atom stereocenters. The Balaban J connectivity index is 1.51. The number of carbonyl (C=O) groups excluding carboxylic acids is 2. The van der Waals surface area contributed by atoms with E-state index in [2.05, 4.69) is 5.32 Å². The van der Waals surface area contributed by atoms with Crippen LogP contribution in [0.15, 0.2) is 65.6 Å². The van der Waals surface area contributed by atoms with Crippen molar-refractivity contribution in [2.75, 3.05) is 20.3 Å². The molecule has 0 aliphatic rings. The predicted octanol–water partition coefficient (Wildman–Crippen LogP) is 2.01. The second kappa shape index (κ2) is 9.59. The quantitative estimate of drug-likeness (QED) is 0.514. The maximum atomic E-state index is 12.4. The largest absolute Gasteiger partial charge is 0.496 e. The number of primary sulfonamides is 1. The highest BCUT2D eigenvalue weighted by atomic mass is 32.2. The molecule has 0 spiro atoms. The van der Waals surface area contributed by atoms with E-state index in [1.807, 2.05) is 24.3 Å². The van der Waals surface area contributed by atoms with Crippen LogP contribution in [0, 0.1) is 0 Å². The standard InChI is InChI=1S/C22H22N2O6S/c1-29-20-13-17-5-3-2-4-16(17)12-19(20)22(26)30-14-21(25)24-11-10-15-6-8-18(9-7-15)31(23,27)28/h2-9,12-13H,10-11,14H2,1H3,(H,24,25)(H2,23,27,28). The number of benzene rings is 3. The topological polar surface area (TPSA) is 125 Å². The number of nitrogens with one attached hydrogen (secondary N) is 1. The molecule has 31 heavy (non-hydrogen) atoms. The first-order valence-corrected chi connectivity index (χ1v) is 10.9. The van der Waals surface area contributed by atoms with Crippen molar-refractivity contribution in [1.82, 2.24) is 5.32 Å². The Labute approximate surface area is 180 Å². The number of esters is 1. The van der Waals surface area contributed by atoms with Crippen molar-refractivity contribution in [1.29, 1.82) is 0 Å². The molecule has 0 saturated heterocycles. The highest BCUT2D eigenvalue weighted by Crippen LogP contribution is 2.26. The van der Waals surface area contributed by atoms with Gasteiger partial charge in [0, 0.05) is 6.54 Å². The monoisotopic (exact) mass is 442 g/mol. The zero-order valence-electron chi connectivity index (χ0n) is 16.8. The van der Waals surface area contributed by atoms with Gasteiger partial charge in [-0.1, -0.05) is 36.4 Å². The molecule has 0 aliphatic carbocycles. The maximum Gasteiger partial charge on any atom is 0.342 e. The third kappa shape index (κ3) is 5.80. The fourth-order valence-corrected chi connectivity index (χ4v) is 3.52. The molecule has 0 saturated carbocycles. The molecule has 0 bridgehead atoms. The SMILES string of the molecule is COc1cc2ccccc2cc1C(=O)OCC(=O)NCCc1ccc(S(N)(=O)=O)cc1. The lowest BCUT2D eigenvalue weighted by Crippen LogP contribution is -2.30. The van der Waals surface area contributed by atoms with E-state index in [9.17, 15) is 18.0 Å². The van der Waals surface area contributed by atoms with Crippen LogP contribution in [0.2, 0.25) is 0 Å². The summed E-state index contributed by atoms with van der Waals surface area (Å²) in [7, 11) is -2.28. The molecule has 8 nitrogen and oxygen atoms in total. The van der Waals surface area contributed by atoms with Crippen LogP contribution < -0.4 is 15.2 Å². The summed E-state index contributed by atoms with van der Waals surface area (Å²) in [5, 5.41) is 9.49. The highest BCUT2D eigenvalue weighted by molar-refractivity contribution is 7.89. The van der Waals surface area contributed by atoms with E-state index < -0.39 is 28.5 Å². The number of amides is 1. The lowest BCUT2D eigenvalue weighted by Gasteiger charge is -2.11. The van der Waals surface area contributed by atoms with Gasteiger partial charge in [0.15, 0.2) is 6.61 Å². The Morgan fingerprint density at radius 2 is 1.65 bits per heavy atom. The van der Waals surface area contributed by atoms with Crippen molar-refractivity contribution in [3.8, 4) is 5.75 Å². The second-order valence-corrected chi connectivity index (χ2v) is 8.33. The van der Waals surface area contributed by atoms with Crippen LogP contribution >= 0.6 is 0 Å². The molecule has 3 aromatic rings. The molecule has 0 radical (unpaired) electrons. The van der Waals surface area contributed by atoms with Crippen molar-refractivity contribution >= 4 is 32.7 Å². The lowest BCUT2D eigenvalue weighted by molar-refractivity contribution is -0.124. The first kappa shape index (κ1) is 22.3. The molecular weight excluding hydrogens is 420 g/mol. The van der Waals surface area contributed by atoms with E-state index in [1.54, 1.807) is 24.3 Å². The van der Waals surface area contributed by atoms with E-state index in [1.165, 1.54) is 19.2 Å². The van der Waals surface area contributed by atoms with Crippen LogP contribution in [-0.4, -0.2) is 40.6 Å². The molecular formula is C22H22N2O6S. The summed E-state index contributed by atoms with van der Waals surface area (Å²) < 4.78 is 32.9. The van der Waals surface area contributed by atoms with Gasteiger partial charge in [-0.3, -0.25) is 4.79 Å². The van der Waals surface area contributed by atoms with Gasteiger partial charge in [0.05, 0.1) is 12.0 Å². The number of methoxy groups -OCH3 is 1. The van der Waals surface area contributed by atoms with Gasteiger partial charge in [0.1, 0.15) is 11.3 Å². The first-order valence-electron chi connectivity index (χ1n) is 9.40. The van der Waals surface area contributed by atoms with Crippen molar-refractivity contribution in [2.24, 2.45) is 5.14 Å². The number of carbonyl (C=O) groups is 2. The van der Waals surface area contributed by atoms with Gasteiger partial charge in [-0.15, -0.1) is 0 Å². The summed E-state index contributed by atoms with van der Waals surface area (Å²) in [6.07, 6.45) is 0.475. The van der Waals surface area contributed by atoms with Gasteiger partial charge in [-0.05, 0) is 47.0 Å². The lowest BCUT2D eigenvalue weighted by atomic mass is 10.1. The Bertz CT molecular complexity index is 1210. The zero-order valence-corrected chi connectivity index (χ0v) is 17.6.